The fraction of sp³-hybridized carbons (Fsp3) is 1.00. The van der Waals surface area contributed by atoms with Gasteiger partial charge in [0.1, 0.15) is 6.10 Å². The molecule has 2 saturated carbocycles. The lowest BCUT2D eigenvalue weighted by molar-refractivity contribution is -0.0328. The zero-order valence-corrected chi connectivity index (χ0v) is 15.3. The molecule has 1 heterocycles. The smallest absolute Gasteiger partial charge is 0.104 e. The summed E-state index contributed by atoms with van der Waals surface area (Å²) >= 11 is 0. The van der Waals surface area contributed by atoms with Crippen molar-refractivity contribution in [3.63, 3.8) is 0 Å². The van der Waals surface area contributed by atoms with Crippen LogP contribution in [0.3, 0.4) is 0 Å². The predicted octanol–water partition coefficient (Wildman–Crippen LogP) is 3.70. The van der Waals surface area contributed by atoms with Crippen molar-refractivity contribution < 1.29 is 19.3 Å². The lowest BCUT2D eigenvalue weighted by Crippen LogP contribution is -2.28. The molecule has 4 heteroatoms. The number of aliphatic hydroxyl groups is 1. The van der Waals surface area contributed by atoms with E-state index in [1.165, 1.54) is 57.8 Å². The first-order chi connectivity index (χ1) is 11.7. The number of ether oxygens (including phenoxy) is 3. The quantitative estimate of drug-likeness (QED) is 0.650. The van der Waals surface area contributed by atoms with Gasteiger partial charge < -0.3 is 19.3 Å². The van der Waals surface area contributed by atoms with Crippen LogP contribution in [0.4, 0.5) is 0 Å². The lowest BCUT2D eigenvalue weighted by atomic mass is 9.76. The van der Waals surface area contributed by atoms with Crippen molar-refractivity contribution in [3.05, 3.63) is 0 Å². The Kier molecular flexibility index (Phi) is 7.38. The van der Waals surface area contributed by atoms with E-state index in [0.29, 0.717) is 24.9 Å². The molecule has 0 bridgehead atoms. The average molecular weight is 341 g/mol. The summed E-state index contributed by atoms with van der Waals surface area (Å²) in [4.78, 5) is 0. The number of epoxide rings is 1. The summed E-state index contributed by atoms with van der Waals surface area (Å²) < 4.78 is 17.0. The molecule has 2 unspecified atom stereocenters. The Hall–Kier alpha value is -0.160. The maximum atomic E-state index is 9.61. The van der Waals surface area contributed by atoms with Crippen molar-refractivity contribution in [3.8, 4) is 0 Å². The van der Waals surface area contributed by atoms with Crippen molar-refractivity contribution in [2.45, 2.75) is 95.5 Å². The zero-order chi connectivity index (χ0) is 16.8. The Morgan fingerprint density at radius 3 is 1.96 bits per heavy atom. The third-order valence-electron chi connectivity index (χ3n) is 6.17. The van der Waals surface area contributed by atoms with Crippen LogP contribution in [0.25, 0.3) is 0 Å². The van der Waals surface area contributed by atoms with Gasteiger partial charge in [0.25, 0.3) is 0 Å². The Labute approximate surface area is 147 Å². The van der Waals surface area contributed by atoms with Crippen LogP contribution in [0.1, 0.15) is 71.1 Å². The highest BCUT2D eigenvalue weighted by Crippen LogP contribution is 2.36. The van der Waals surface area contributed by atoms with Gasteiger partial charge >= 0.3 is 0 Å². The van der Waals surface area contributed by atoms with Gasteiger partial charge in [0.05, 0.1) is 38.1 Å². The first-order valence-electron chi connectivity index (χ1n) is 10.3. The van der Waals surface area contributed by atoms with E-state index in [1.54, 1.807) is 0 Å². The van der Waals surface area contributed by atoms with E-state index in [1.807, 2.05) is 6.92 Å². The third kappa shape index (κ3) is 6.29. The molecule has 2 aliphatic carbocycles. The standard InChI is InChI=1S/C20H36O4/c1-2-17(21)12-22-18-7-3-15(4-8-18)11-16-5-9-19(10-6-16)23-13-20-14-24-20/h15-21H,2-14H2,1H3. The van der Waals surface area contributed by atoms with E-state index in [2.05, 4.69) is 0 Å². The molecule has 1 N–H and O–H groups in total. The van der Waals surface area contributed by atoms with Crippen LogP contribution in [0, 0.1) is 11.8 Å². The Morgan fingerprint density at radius 1 is 0.917 bits per heavy atom. The molecule has 2 atom stereocenters. The molecule has 4 nitrogen and oxygen atoms in total. The van der Waals surface area contributed by atoms with Crippen LogP contribution in [-0.4, -0.2) is 49.3 Å². The fourth-order valence-corrected chi connectivity index (χ4v) is 4.31. The Bertz CT molecular complexity index is 342. The summed E-state index contributed by atoms with van der Waals surface area (Å²) in [6.07, 6.45) is 13.3. The maximum absolute atomic E-state index is 9.61. The second-order valence-electron chi connectivity index (χ2n) is 8.21. The molecule has 3 aliphatic rings. The zero-order valence-electron chi connectivity index (χ0n) is 15.3. The average Bonchev–Trinajstić information content (AvgIpc) is 3.45. The van der Waals surface area contributed by atoms with E-state index >= 15 is 0 Å². The molecule has 140 valence electrons. The van der Waals surface area contributed by atoms with Gasteiger partial charge in [-0.15, -0.1) is 0 Å². The van der Waals surface area contributed by atoms with E-state index in [0.717, 1.165) is 31.5 Å². The fourth-order valence-electron chi connectivity index (χ4n) is 4.31. The second kappa shape index (κ2) is 9.51. The van der Waals surface area contributed by atoms with Crippen LogP contribution in [0.2, 0.25) is 0 Å². The van der Waals surface area contributed by atoms with Crippen LogP contribution < -0.4 is 0 Å². The van der Waals surface area contributed by atoms with Crippen molar-refractivity contribution in [1.29, 1.82) is 0 Å². The largest absolute Gasteiger partial charge is 0.391 e. The minimum absolute atomic E-state index is 0.286. The van der Waals surface area contributed by atoms with Gasteiger partial charge in [0, 0.05) is 0 Å². The van der Waals surface area contributed by atoms with Gasteiger partial charge in [-0.2, -0.15) is 0 Å². The van der Waals surface area contributed by atoms with E-state index < -0.39 is 0 Å². The summed E-state index contributed by atoms with van der Waals surface area (Å²) in [5, 5.41) is 9.61. The Morgan fingerprint density at radius 2 is 1.46 bits per heavy atom. The molecule has 0 aromatic carbocycles. The lowest BCUT2D eigenvalue weighted by Gasteiger charge is -2.34. The first kappa shape index (κ1) is 18.6. The molecule has 1 saturated heterocycles. The molecule has 24 heavy (non-hydrogen) atoms. The highest BCUT2D eigenvalue weighted by Gasteiger charge is 2.29. The molecular weight excluding hydrogens is 304 g/mol. The molecule has 0 aromatic rings. The number of hydrogen-bond acceptors (Lipinski definition) is 4. The number of rotatable bonds is 9. The molecule has 0 aromatic heterocycles. The highest BCUT2D eigenvalue weighted by molar-refractivity contribution is 4.80. The van der Waals surface area contributed by atoms with Gasteiger partial charge in [-0.25, -0.2) is 0 Å². The minimum atomic E-state index is -0.286. The molecule has 1 aliphatic heterocycles. The molecular formula is C20H36O4. The van der Waals surface area contributed by atoms with E-state index in [4.69, 9.17) is 14.2 Å². The highest BCUT2D eigenvalue weighted by atomic mass is 16.6. The topological polar surface area (TPSA) is 51.2 Å². The van der Waals surface area contributed by atoms with Gasteiger partial charge in [0.15, 0.2) is 0 Å². The van der Waals surface area contributed by atoms with E-state index in [9.17, 15) is 5.11 Å². The third-order valence-corrected chi connectivity index (χ3v) is 6.17. The summed E-state index contributed by atoms with van der Waals surface area (Å²) in [5.41, 5.74) is 0. The van der Waals surface area contributed by atoms with Crippen LogP contribution in [-0.2, 0) is 14.2 Å². The summed E-state index contributed by atoms with van der Waals surface area (Å²) in [6.45, 7) is 4.23. The summed E-state index contributed by atoms with van der Waals surface area (Å²) in [6, 6.07) is 0. The Balaban J connectivity index is 1.25. The molecule has 3 rings (SSSR count). The second-order valence-corrected chi connectivity index (χ2v) is 8.21. The maximum Gasteiger partial charge on any atom is 0.104 e. The summed E-state index contributed by atoms with van der Waals surface area (Å²) in [5.74, 6) is 1.80. The molecule has 0 radical (unpaired) electrons. The van der Waals surface area contributed by atoms with Gasteiger partial charge in [-0.1, -0.05) is 6.92 Å². The molecule has 3 fully saturated rings. The number of hydrogen-bond donors (Lipinski definition) is 1. The van der Waals surface area contributed by atoms with Gasteiger partial charge in [-0.3, -0.25) is 0 Å². The summed E-state index contributed by atoms with van der Waals surface area (Å²) in [7, 11) is 0. The van der Waals surface area contributed by atoms with Crippen LogP contribution in [0.5, 0.6) is 0 Å². The van der Waals surface area contributed by atoms with Crippen LogP contribution >= 0.6 is 0 Å². The van der Waals surface area contributed by atoms with Crippen molar-refractivity contribution in [2.24, 2.45) is 11.8 Å². The van der Waals surface area contributed by atoms with Gasteiger partial charge in [0.2, 0.25) is 0 Å². The van der Waals surface area contributed by atoms with E-state index in [-0.39, 0.29) is 6.10 Å². The predicted molar refractivity (Wildman–Crippen MR) is 94.1 cm³/mol. The SMILES string of the molecule is CCC(O)COC1CCC(CC2CCC(OCC3CO3)CC2)CC1. The van der Waals surface area contributed by atoms with Crippen molar-refractivity contribution in [2.75, 3.05) is 19.8 Å². The minimum Gasteiger partial charge on any atom is -0.391 e. The first-order valence-corrected chi connectivity index (χ1v) is 10.3. The number of aliphatic hydroxyl groups excluding tert-OH is 1. The molecule has 0 spiro atoms. The van der Waals surface area contributed by atoms with Crippen LogP contribution in [0.15, 0.2) is 0 Å². The van der Waals surface area contributed by atoms with Crippen molar-refractivity contribution >= 4 is 0 Å². The monoisotopic (exact) mass is 340 g/mol. The van der Waals surface area contributed by atoms with Crippen molar-refractivity contribution in [1.82, 2.24) is 0 Å². The van der Waals surface area contributed by atoms with Gasteiger partial charge in [-0.05, 0) is 76.0 Å². The normalized spacial score (nSPS) is 38.0. The molecule has 0 amide bonds.